The molecule has 2 aromatic rings. The Kier molecular flexibility index (Phi) is 6.32. The summed E-state index contributed by atoms with van der Waals surface area (Å²) < 4.78 is 18.8. The fourth-order valence-electron chi connectivity index (χ4n) is 2.23. The number of rotatable bonds is 7. The summed E-state index contributed by atoms with van der Waals surface area (Å²) in [5.74, 6) is 0.339. The number of halogens is 1. The SMILES string of the molecule is Cc1cc(OCc2cccc(F)c2)ccc1NC(=O)CCC(C)N. The van der Waals surface area contributed by atoms with Crippen LogP contribution < -0.4 is 15.8 Å². The Labute approximate surface area is 141 Å². The summed E-state index contributed by atoms with van der Waals surface area (Å²) in [5.41, 5.74) is 8.08. The van der Waals surface area contributed by atoms with Gasteiger partial charge in [0.05, 0.1) is 0 Å². The number of carbonyl (C=O) groups is 1. The van der Waals surface area contributed by atoms with Gasteiger partial charge in [0.1, 0.15) is 18.2 Å². The molecule has 0 spiro atoms. The van der Waals surface area contributed by atoms with Gasteiger partial charge in [0.25, 0.3) is 0 Å². The summed E-state index contributed by atoms with van der Waals surface area (Å²) in [4.78, 5) is 11.9. The van der Waals surface area contributed by atoms with Crippen LogP contribution >= 0.6 is 0 Å². The van der Waals surface area contributed by atoms with Gasteiger partial charge in [-0.05, 0) is 61.7 Å². The van der Waals surface area contributed by atoms with Crippen molar-refractivity contribution in [3.05, 3.63) is 59.4 Å². The molecule has 0 aliphatic rings. The number of benzene rings is 2. The molecule has 0 radical (unpaired) electrons. The lowest BCUT2D eigenvalue weighted by Crippen LogP contribution is -2.19. The van der Waals surface area contributed by atoms with E-state index in [0.717, 1.165) is 16.8 Å². The van der Waals surface area contributed by atoms with E-state index >= 15 is 0 Å². The highest BCUT2D eigenvalue weighted by atomic mass is 19.1. The predicted molar refractivity (Wildman–Crippen MR) is 93.4 cm³/mol. The zero-order chi connectivity index (χ0) is 17.5. The molecule has 4 nitrogen and oxygen atoms in total. The summed E-state index contributed by atoms with van der Waals surface area (Å²) in [6, 6.07) is 11.8. The van der Waals surface area contributed by atoms with Crippen molar-refractivity contribution in [3.63, 3.8) is 0 Å². The van der Waals surface area contributed by atoms with E-state index in [1.165, 1.54) is 12.1 Å². The minimum Gasteiger partial charge on any atom is -0.489 e. The fraction of sp³-hybridized carbons (Fsp3) is 0.316. The maximum Gasteiger partial charge on any atom is 0.224 e. The molecule has 5 heteroatoms. The Balaban J connectivity index is 1.93. The summed E-state index contributed by atoms with van der Waals surface area (Å²) in [7, 11) is 0. The van der Waals surface area contributed by atoms with Gasteiger partial charge in [0, 0.05) is 18.2 Å². The van der Waals surface area contributed by atoms with E-state index in [9.17, 15) is 9.18 Å². The van der Waals surface area contributed by atoms with Gasteiger partial charge in [0.15, 0.2) is 0 Å². The maximum absolute atomic E-state index is 13.1. The van der Waals surface area contributed by atoms with Crippen LogP contribution in [0.25, 0.3) is 0 Å². The third kappa shape index (κ3) is 5.66. The van der Waals surface area contributed by atoms with Crippen LogP contribution in [0.1, 0.15) is 30.9 Å². The van der Waals surface area contributed by atoms with Crippen molar-refractivity contribution in [1.29, 1.82) is 0 Å². The number of amides is 1. The lowest BCUT2D eigenvalue weighted by atomic mass is 10.1. The molecule has 0 saturated heterocycles. The van der Waals surface area contributed by atoms with Gasteiger partial charge in [0.2, 0.25) is 5.91 Å². The molecule has 0 heterocycles. The monoisotopic (exact) mass is 330 g/mol. The molecule has 0 aliphatic heterocycles. The molecular weight excluding hydrogens is 307 g/mol. The van der Waals surface area contributed by atoms with Gasteiger partial charge >= 0.3 is 0 Å². The Morgan fingerprint density at radius 1 is 1.29 bits per heavy atom. The summed E-state index contributed by atoms with van der Waals surface area (Å²) in [6.07, 6.45) is 1.05. The summed E-state index contributed by atoms with van der Waals surface area (Å²) >= 11 is 0. The van der Waals surface area contributed by atoms with E-state index in [2.05, 4.69) is 5.32 Å². The van der Waals surface area contributed by atoms with E-state index < -0.39 is 0 Å². The average Bonchev–Trinajstić information content (AvgIpc) is 2.53. The average molecular weight is 330 g/mol. The Morgan fingerprint density at radius 2 is 2.08 bits per heavy atom. The van der Waals surface area contributed by atoms with Crippen LogP contribution in [0.5, 0.6) is 5.75 Å². The van der Waals surface area contributed by atoms with Gasteiger partial charge in [-0.25, -0.2) is 4.39 Å². The zero-order valence-electron chi connectivity index (χ0n) is 14.0. The molecule has 1 amide bonds. The van der Waals surface area contributed by atoms with Crippen LogP contribution in [-0.2, 0) is 11.4 Å². The van der Waals surface area contributed by atoms with E-state index in [1.807, 2.05) is 26.0 Å². The van der Waals surface area contributed by atoms with Crippen molar-refractivity contribution >= 4 is 11.6 Å². The predicted octanol–water partition coefficient (Wildman–Crippen LogP) is 3.78. The van der Waals surface area contributed by atoms with Crippen LogP contribution in [0, 0.1) is 12.7 Å². The lowest BCUT2D eigenvalue weighted by Gasteiger charge is -2.12. The molecule has 0 aliphatic carbocycles. The second-order valence-electron chi connectivity index (χ2n) is 5.96. The molecule has 2 aromatic carbocycles. The van der Waals surface area contributed by atoms with Crippen LogP contribution in [-0.4, -0.2) is 11.9 Å². The molecule has 0 aromatic heterocycles. The molecule has 1 unspecified atom stereocenters. The molecule has 1 atom stereocenters. The third-order valence-electron chi connectivity index (χ3n) is 3.59. The first kappa shape index (κ1) is 17.9. The molecule has 24 heavy (non-hydrogen) atoms. The normalized spacial score (nSPS) is 11.8. The van der Waals surface area contributed by atoms with Crippen molar-refractivity contribution in [3.8, 4) is 5.75 Å². The van der Waals surface area contributed by atoms with Crippen LogP contribution in [0.15, 0.2) is 42.5 Å². The number of anilines is 1. The summed E-state index contributed by atoms with van der Waals surface area (Å²) in [5, 5.41) is 2.87. The number of nitrogens with one attached hydrogen (secondary N) is 1. The quantitative estimate of drug-likeness (QED) is 0.812. The van der Waals surface area contributed by atoms with Gasteiger partial charge < -0.3 is 15.8 Å². The van der Waals surface area contributed by atoms with Crippen LogP contribution in [0.2, 0.25) is 0 Å². The largest absolute Gasteiger partial charge is 0.489 e. The lowest BCUT2D eigenvalue weighted by molar-refractivity contribution is -0.116. The minimum absolute atomic E-state index is 0.00967. The number of carbonyl (C=O) groups excluding carboxylic acids is 1. The maximum atomic E-state index is 13.1. The van der Waals surface area contributed by atoms with E-state index in [0.29, 0.717) is 18.6 Å². The fourth-order valence-corrected chi connectivity index (χ4v) is 2.23. The smallest absolute Gasteiger partial charge is 0.224 e. The highest BCUT2D eigenvalue weighted by Crippen LogP contribution is 2.22. The first-order valence-electron chi connectivity index (χ1n) is 7.97. The Bertz CT molecular complexity index is 702. The first-order valence-corrected chi connectivity index (χ1v) is 7.97. The van der Waals surface area contributed by atoms with E-state index in [4.69, 9.17) is 10.5 Å². The van der Waals surface area contributed by atoms with Gasteiger partial charge in [-0.3, -0.25) is 4.79 Å². The number of hydrogen-bond acceptors (Lipinski definition) is 3. The third-order valence-corrected chi connectivity index (χ3v) is 3.59. The molecular formula is C19H23FN2O2. The number of nitrogens with two attached hydrogens (primary N) is 1. The van der Waals surface area contributed by atoms with Gasteiger partial charge in [-0.2, -0.15) is 0 Å². The van der Waals surface area contributed by atoms with Crippen molar-refractivity contribution in [2.45, 2.75) is 39.3 Å². The van der Waals surface area contributed by atoms with E-state index in [-0.39, 0.29) is 24.4 Å². The second kappa shape index (κ2) is 8.45. The Morgan fingerprint density at radius 3 is 2.75 bits per heavy atom. The topological polar surface area (TPSA) is 64.3 Å². The van der Waals surface area contributed by atoms with Gasteiger partial charge in [-0.1, -0.05) is 12.1 Å². The standard InChI is InChI=1S/C19H23FN2O2/c1-13-10-17(24-12-15-4-3-5-16(20)11-15)7-8-18(13)22-19(23)9-6-14(2)21/h3-5,7-8,10-11,14H,6,9,12,21H2,1-2H3,(H,22,23). The minimum atomic E-state index is -0.280. The van der Waals surface area contributed by atoms with Crippen LogP contribution in [0.4, 0.5) is 10.1 Å². The molecule has 0 fully saturated rings. The number of hydrogen-bond donors (Lipinski definition) is 2. The van der Waals surface area contributed by atoms with Crippen molar-refractivity contribution in [2.24, 2.45) is 5.73 Å². The molecule has 0 saturated carbocycles. The highest BCUT2D eigenvalue weighted by Gasteiger charge is 2.07. The molecule has 128 valence electrons. The van der Waals surface area contributed by atoms with Crippen LogP contribution in [0.3, 0.4) is 0 Å². The van der Waals surface area contributed by atoms with Gasteiger partial charge in [-0.15, -0.1) is 0 Å². The first-order chi connectivity index (χ1) is 11.4. The second-order valence-corrected chi connectivity index (χ2v) is 5.96. The zero-order valence-corrected chi connectivity index (χ0v) is 14.0. The van der Waals surface area contributed by atoms with Crippen molar-refractivity contribution < 1.29 is 13.9 Å². The highest BCUT2D eigenvalue weighted by molar-refractivity contribution is 5.91. The van der Waals surface area contributed by atoms with E-state index in [1.54, 1.807) is 18.2 Å². The van der Waals surface area contributed by atoms with Crippen molar-refractivity contribution in [2.75, 3.05) is 5.32 Å². The summed E-state index contributed by atoms with van der Waals surface area (Å²) in [6.45, 7) is 4.07. The Hall–Kier alpha value is -2.40. The molecule has 0 bridgehead atoms. The number of ether oxygens (including phenoxy) is 1. The molecule has 3 N–H and O–H groups in total. The van der Waals surface area contributed by atoms with Crippen molar-refractivity contribution in [1.82, 2.24) is 0 Å². The number of aryl methyl sites for hydroxylation is 1. The molecule has 2 rings (SSSR count).